The van der Waals surface area contributed by atoms with Crippen LogP contribution in [0.1, 0.15) is 52.3 Å². The molecule has 1 unspecified atom stereocenters. The van der Waals surface area contributed by atoms with Crippen molar-refractivity contribution >= 4 is 43.3 Å². The molecule has 4 rings (SSSR count). The van der Waals surface area contributed by atoms with Crippen LogP contribution in [0.4, 0.5) is 13.2 Å². The van der Waals surface area contributed by atoms with E-state index in [2.05, 4.69) is 9.71 Å². The lowest BCUT2D eigenvalue weighted by Gasteiger charge is -2.18. The highest BCUT2D eigenvalue weighted by Crippen LogP contribution is 2.28. The number of thiazole rings is 1. The first-order valence-corrected chi connectivity index (χ1v) is 14.1. The normalized spacial score (nSPS) is 12.6. The Morgan fingerprint density at radius 3 is 2.02 bits per heavy atom. The smallest absolute Gasteiger partial charge is 0.475 e. The van der Waals surface area contributed by atoms with Gasteiger partial charge in [0.25, 0.3) is 0 Å². The van der Waals surface area contributed by atoms with Crippen molar-refractivity contribution in [3.8, 4) is 0 Å². The number of ketones is 1. The molecule has 1 heterocycles. The SMILES string of the molecule is CC(C)c1ccc(S(=O)(=O)NC(C(=O)c2nc3ccccc3s2)c2ccc(CN)cc2)cc1.O=C(O)C(F)(F)F. The number of nitrogens with zero attached hydrogens (tertiary/aromatic N) is 1. The van der Waals surface area contributed by atoms with Crippen molar-refractivity contribution < 1.29 is 36.3 Å². The minimum absolute atomic E-state index is 0.104. The molecule has 0 radical (unpaired) electrons. The summed E-state index contributed by atoms with van der Waals surface area (Å²) in [5, 5.41) is 7.38. The summed E-state index contributed by atoms with van der Waals surface area (Å²) in [6.45, 7) is 4.43. The number of aromatic nitrogens is 1. The number of nitrogens with two attached hydrogens (primary N) is 1. The number of aliphatic carboxylic acids is 1. The Morgan fingerprint density at radius 1 is 0.975 bits per heavy atom. The molecule has 4 N–H and O–H groups in total. The van der Waals surface area contributed by atoms with E-state index in [0.29, 0.717) is 17.6 Å². The quantitative estimate of drug-likeness (QED) is 0.232. The van der Waals surface area contributed by atoms with E-state index in [0.717, 1.165) is 15.8 Å². The molecule has 0 aliphatic heterocycles. The number of halogens is 3. The molecule has 0 aliphatic rings. The maximum atomic E-state index is 13.5. The van der Waals surface area contributed by atoms with E-state index in [1.165, 1.54) is 11.3 Å². The maximum Gasteiger partial charge on any atom is 0.490 e. The van der Waals surface area contributed by atoms with Crippen molar-refractivity contribution in [1.82, 2.24) is 9.71 Å². The van der Waals surface area contributed by atoms with Gasteiger partial charge in [-0.05, 0) is 46.9 Å². The Balaban J connectivity index is 0.000000559. The first-order valence-electron chi connectivity index (χ1n) is 11.8. The molecule has 0 spiro atoms. The highest BCUT2D eigenvalue weighted by Gasteiger charge is 2.38. The van der Waals surface area contributed by atoms with Gasteiger partial charge in [-0.3, -0.25) is 4.79 Å². The first kappa shape index (κ1) is 30.9. The largest absolute Gasteiger partial charge is 0.490 e. The average molecular weight is 594 g/mol. The highest BCUT2D eigenvalue weighted by molar-refractivity contribution is 7.89. The summed E-state index contributed by atoms with van der Waals surface area (Å²) >= 11 is 1.25. The third-order valence-electron chi connectivity index (χ3n) is 5.69. The van der Waals surface area contributed by atoms with Crippen LogP contribution >= 0.6 is 11.3 Å². The number of rotatable bonds is 8. The summed E-state index contributed by atoms with van der Waals surface area (Å²) in [6, 6.07) is 20.1. The Morgan fingerprint density at radius 2 is 1.52 bits per heavy atom. The topological polar surface area (TPSA) is 139 Å². The fourth-order valence-electron chi connectivity index (χ4n) is 3.48. The molecular formula is C27H26F3N3O5S2. The average Bonchev–Trinajstić information content (AvgIpc) is 3.36. The third-order valence-corrected chi connectivity index (χ3v) is 8.18. The molecule has 0 bridgehead atoms. The van der Waals surface area contributed by atoms with Crippen LogP contribution in [0.3, 0.4) is 0 Å². The summed E-state index contributed by atoms with van der Waals surface area (Å²) in [5.74, 6) is -2.88. The van der Waals surface area contributed by atoms with Gasteiger partial charge in [0.2, 0.25) is 15.8 Å². The van der Waals surface area contributed by atoms with Gasteiger partial charge in [0.1, 0.15) is 6.04 Å². The fourth-order valence-corrected chi connectivity index (χ4v) is 5.59. The third kappa shape index (κ3) is 7.72. The number of Topliss-reactive ketones (excluding diaryl/α,β-unsaturated/α-hetero) is 1. The van der Waals surface area contributed by atoms with E-state index in [1.807, 2.05) is 38.1 Å². The Hall–Kier alpha value is -3.65. The molecule has 0 saturated carbocycles. The van der Waals surface area contributed by atoms with Crippen molar-refractivity contribution in [2.75, 3.05) is 0 Å². The number of carboxylic acids is 1. The maximum absolute atomic E-state index is 13.5. The second-order valence-corrected chi connectivity index (χ2v) is 11.6. The molecular weight excluding hydrogens is 567 g/mol. The number of hydrogen-bond acceptors (Lipinski definition) is 7. The van der Waals surface area contributed by atoms with Crippen LogP contribution in [0.15, 0.2) is 77.7 Å². The Labute approximate surface area is 232 Å². The van der Waals surface area contributed by atoms with Gasteiger partial charge < -0.3 is 10.8 Å². The van der Waals surface area contributed by atoms with Crippen LogP contribution in [0.5, 0.6) is 0 Å². The van der Waals surface area contributed by atoms with Gasteiger partial charge in [-0.1, -0.05) is 62.4 Å². The van der Waals surface area contributed by atoms with E-state index in [9.17, 15) is 26.4 Å². The number of carboxylic acid groups (broad SMARTS) is 1. The molecule has 1 aromatic heterocycles. The number of fused-ring (bicyclic) bond motifs is 1. The zero-order valence-corrected chi connectivity index (χ0v) is 23.0. The predicted molar refractivity (Wildman–Crippen MR) is 146 cm³/mol. The number of carbonyl (C=O) groups excluding carboxylic acids is 1. The van der Waals surface area contributed by atoms with E-state index in [4.69, 9.17) is 15.6 Å². The summed E-state index contributed by atoms with van der Waals surface area (Å²) in [4.78, 5) is 27.0. The van der Waals surface area contributed by atoms with E-state index in [-0.39, 0.29) is 15.8 Å². The van der Waals surface area contributed by atoms with Gasteiger partial charge in [0.05, 0.1) is 15.1 Å². The minimum atomic E-state index is -5.08. The zero-order valence-electron chi connectivity index (χ0n) is 21.3. The summed E-state index contributed by atoms with van der Waals surface area (Å²) < 4.78 is 61.7. The van der Waals surface area contributed by atoms with Gasteiger partial charge in [0.15, 0.2) is 5.01 Å². The van der Waals surface area contributed by atoms with Crippen LogP contribution in [0.25, 0.3) is 10.2 Å². The number of carbonyl (C=O) groups is 2. The summed E-state index contributed by atoms with van der Waals surface area (Å²) in [5.41, 5.74) is 8.85. The molecule has 212 valence electrons. The number of alkyl halides is 3. The Kier molecular flexibility index (Phi) is 9.79. The van der Waals surface area contributed by atoms with Gasteiger partial charge >= 0.3 is 12.1 Å². The van der Waals surface area contributed by atoms with Crippen molar-refractivity contribution in [3.05, 3.63) is 94.5 Å². The predicted octanol–water partition coefficient (Wildman–Crippen LogP) is 5.41. The van der Waals surface area contributed by atoms with Gasteiger partial charge in [-0.2, -0.15) is 17.9 Å². The van der Waals surface area contributed by atoms with Crippen LogP contribution in [0, 0.1) is 0 Å². The number of benzene rings is 3. The summed E-state index contributed by atoms with van der Waals surface area (Å²) in [6.07, 6.45) is -5.08. The van der Waals surface area contributed by atoms with Crippen molar-refractivity contribution in [2.45, 2.75) is 43.4 Å². The minimum Gasteiger partial charge on any atom is -0.475 e. The molecule has 0 fully saturated rings. The van der Waals surface area contributed by atoms with Crippen molar-refractivity contribution in [1.29, 1.82) is 0 Å². The number of sulfonamides is 1. The number of hydrogen-bond donors (Lipinski definition) is 3. The Bertz CT molecular complexity index is 1550. The van der Waals surface area contributed by atoms with Crippen molar-refractivity contribution in [2.24, 2.45) is 5.73 Å². The van der Waals surface area contributed by atoms with Crippen LogP contribution in [-0.2, 0) is 21.4 Å². The monoisotopic (exact) mass is 593 g/mol. The molecule has 40 heavy (non-hydrogen) atoms. The second-order valence-electron chi connectivity index (χ2n) is 8.88. The molecule has 0 amide bonds. The standard InChI is InChI=1S/C25H25N3O3S2.C2HF3O2/c1-16(2)18-11-13-20(14-12-18)33(30,31)28-23(19-9-7-17(15-26)8-10-19)24(29)25-27-21-5-3-4-6-22(21)32-25;3-2(4,5)1(6)7/h3-14,16,23,28H,15,26H2,1-2H3;(H,6,7). The van der Waals surface area contributed by atoms with Gasteiger partial charge in [-0.15, -0.1) is 11.3 Å². The fraction of sp³-hybridized carbons (Fsp3) is 0.222. The molecule has 0 saturated heterocycles. The molecule has 8 nitrogen and oxygen atoms in total. The van der Waals surface area contributed by atoms with Crippen molar-refractivity contribution in [3.63, 3.8) is 0 Å². The van der Waals surface area contributed by atoms with Gasteiger partial charge in [-0.25, -0.2) is 18.2 Å². The lowest BCUT2D eigenvalue weighted by Crippen LogP contribution is -2.34. The highest BCUT2D eigenvalue weighted by atomic mass is 32.2. The number of nitrogens with one attached hydrogen (secondary N) is 1. The van der Waals surface area contributed by atoms with E-state index in [1.54, 1.807) is 48.5 Å². The second kappa shape index (κ2) is 12.7. The molecule has 13 heteroatoms. The lowest BCUT2D eigenvalue weighted by atomic mass is 10.0. The molecule has 3 aromatic carbocycles. The summed E-state index contributed by atoms with van der Waals surface area (Å²) in [7, 11) is -3.97. The molecule has 4 aromatic rings. The van der Waals surface area contributed by atoms with Crippen LogP contribution in [-0.4, -0.2) is 36.4 Å². The molecule has 0 aliphatic carbocycles. The van der Waals surface area contributed by atoms with E-state index < -0.39 is 34.0 Å². The van der Waals surface area contributed by atoms with E-state index >= 15 is 0 Å². The lowest BCUT2D eigenvalue weighted by molar-refractivity contribution is -0.192. The van der Waals surface area contributed by atoms with Gasteiger partial charge in [0, 0.05) is 6.54 Å². The number of para-hydroxylation sites is 1. The first-order chi connectivity index (χ1) is 18.7. The molecule has 1 atom stereocenters. The van der Waals surface area contributed by atoms with Crippen LogP contribution in [0.2, 0.25) is 0 Å². The zero-order chi connectivity index (χ0) is 29.7. The van der Waals surface area contributed by atoms with Crippen LogP contribution < -0.4 is 10.5 Å².